The predicted octanol–water partition coefficient (Wildman–Crippen LogP) is 4.05. The smallest absolute Gasteiger partial charge is 0.258 e. The Morgan fingerprint density at radius 1 is 1.07 bits per heavy atom. The molecule has 3 rings (SSSR count). The number of carbonyl (C=O) groups is 3. The van der Waals surface area contributed by atoms with Crippen LogP contribution in [0, 0.1) is 0 Å². The van der Waals surface area contributed by atoms with Crippen molar-refractivity contribution in [2.45, 2.75) is 13.3 Å². The van der Waals surface area contributed by atoms with Gasteiger partial charge in [-0.25, -0.2) is 0 Å². The molecule has 2 aromatic rings. The van der Waals surface area contributed by atoms with Crippen molar-refractivity contribution in [3.63, 3.8) is 0 Å². The minimum absolute atomic E-state index is 0.221. The van der Waals surface area contributed by atoms with E-state index in [0.29, 0.717) is 11.3 Å². The second-order valence-corrected chi connectivity index (χ2v) is 6.35. The molecule has 1 aliphatic rings. The topological polar surface area (TPSA) is 75.3 Å². The summed E-state index contributed by atoms with van der Waals surface area (Å²) in [5, 5.41) is 5.02. The summed E-state index contributed by atoms with van der Waals surface area (Å²) >= 11 is 0. The fourth-order valence-electron chi connectivity index (χ4n) is 2.99. The molecule has 5 nitrogen and oxygen atoms in total. The molecule has 0 radical (unpaired) electrons. The molecular weight excluding hydrogens is 352 g/mol. The van der Waals surface area contributed by atoms with Crippen LogP contribution in [0.4, 0.5) is 5.69 Å². The maximum atomic E-state index is 12.5. The van der Waals surface area contributed by atoms with Crippen LogP contribution < -0.4 is 10.6 Å². The monoisotopic (exact) mass is 372 g/mol. The van der Waals surface area contributed by atoms with Crippen LogP contribution in [0.15, 0.2) is 78.9 Å². The van der Waals surface area contributed by atoms with Gasteiger partial charge in [0.05, 0.1) is 11.1 Å². The average molecular weight is 372 g/mol. The third-order valence-electron chi connectivity index (χ3n) is 4.33. The summed E-state index contributed by atoms with van der Waals surface area (Å²) in [6.45, 7) is 5.70. The molecule has 2 N–H and O–H groups in total. The Labute approximate surface area is 163 Å². The minimum atomic E-state index is -0.483. The Morgan fingerprint density at radius 2 is 1.79 bits per heavy atom. The highest BCUT2D eigenvalue weighted by Crippen LogP contribution is 2.19. The van der Waals surface area contributed by atoms with E-state index < -0.39 is 11.8 Å². The van der Waals surface area contributed by atoms with Gasteiger partial charge in [0.2, 0.25) is 0 Å². The van der Waals surface area contributed by atoms with Crippen LogP contribution in [-0.4, -0.2) is 17.7 Å². The van der Waals surface area contributed by atoms with E-state index >= 15 is 0 Å². The second kappa shape index (κ2) is 8.31. The number of rotatable bonds is 6. The van der Waals surface area contributed by atoms with Crippen LogP contribution in [0.3, 0.4) is 0 Å². The molecule has 1 aliphatic heterocycles. The fraction of sp³-hybridized carbons (Fsp3) is 0.0870. The quantitative estimate of drug-likeness (QED) is 0.593. The third-order valence-corrected chi connectivity index (χ3v) is 4.33. The number of nitrogens with one attached hydrogen (secondary N) is 2. The molecule has 5 heteroatoms. The molecule has 28 heavy (non-hydrogen) atoms. The molecule has 0 aromatic heterocycles. The SMILES string of the molecule is C=C/C=C(\C=C/C)Cc1ccc(NC(=O)c2ccc3c(c2)C(=O)NC3=O)cc1. The number of imide groups is 1. The number of amides is 3. The van der Waals surface area contributed by atoms with E-state index in [4.69, 9.17) is 0 Å². The molecule has 2 aromatic carbocycles. The van der Waals surface area contributed by atoms with Gasteiger partial charge in [0.1, 0.15) is 0 Å². The zero-order valence-corrected chi connectivity index (χ0v) is 15.5. The van der Waals surface area contributed by atoms with Crippen LogP contribution in [0.25, 0.3) is 0 Å². The molecule has 0 aliphatic carbocycles. The highest BCUT2D eigenvalue weighted by Gasteiger charge is 2.27. The van der Waals surface area contributed by atoms with Crippen LogP contribution in [0.1, 0.15) is 43.6 Å². The van der Waals surface area contributed by atoms with Gasteiger partial charge in [0.25, 0.3) is 17.7 Å². The maximum Gasteiger partial charge on any atom is 0.258 e. The van der Waals surface area contributed by atoms with Gasteiger partial charge in [-0.3, -0.25) is 19.7 Å². The lowest BCUT2D eigenvalue weighted by molar-refractivity contribution is 0.0879. The highest BCUT2D eigenvalue weighted by molar-refractivity contribution is 6.22. The first-order valence-corrected chi connectivity index (χ1v) is 8.86. The van der Waals surface area contributed by atoms with E-state index in [1.54, 1.807) is 6.08 Å². The Hall–Kier alpha value is -3.73. The molecule has 0 bridgehead atoms. The first-order chi connectivity index (χ1) is 13.5. The standard InChI is InChI=1S/C23H20N2O3/c1-3-5-15(6-4-2)13-16-7-10-18(11-8-16)24-21(26)17-9-12-19-20(14-17)23(28)25-22(19)27/h3-12,14H,1,13H2,2H3,(H,24,26)(H,25,27,28)/b6-4-,15-5+. The first-order valence-electron chi connectivity index (χ1n) is 8.86. The Morgan fingerprint density at radius 3 is 2.46 bits per heavy atom. The molecule has 0 saturated carbocycles. The largest absolute Gasteiger partial charge is 0.322 e. The Balaban J connectivity index is 1.71. The van der Waals surface area contributed by atoms with Crippen LogP contribution >= 0.6 is 0 Å². The molecule has 0 saturated heterocycles. The Kier molecular flexibility index (Phi) is 5.65. The van der Waals surface area contributed by atoms with E-state index in [1.165, 1.54) is 18.2 Å². The fourth-order valence-corrected chi connectivity index (χ4v) is 2.99. The lowest BCUT2D eigenvalue weighted by Gasteiger charge is -2.08. The van der Waals surface area contributed by atoms with Gasteiger partial charge in [0.15, 0.2) is 0 Å². The Bertz CT molecular complexity index is 1010. The van der Waals surface area contributed by atoms with E-state index in [0.717, 1.165) is 17.6 Å². The molecule has 0 atom stereocenters. The number of fused-ring (bicyclic) bond motifs is 1. The summed E-state index contributed by atoms with van der Waals surface area (Å²) in [5.41, 5.74) is 3.72. The summed E-state index contributed by atoms with van der Waals surface area (Å²) in [6.07, 6.45) is 8.50. The maximum absolute atomic E-state index is 12.5. The normalized spacial score (nSPS) is 13.4. The number of benzene rings is 2. The van der Waals surface area contributed by atoms with Crippen molar-refractivity contribution < 1.29 is 14.4 Å². The summed E-state index contributed by atoms with van der Waals surface area (Å²) in [6, 6.07) is 12.0. The van der Waals surface area contributed by atoms with Gasteiger partial charge in [-0.1, -0.05) is 43.0 Å². The highest BCUT2D eigenvalue weighted by atomic mass is 16.2. The van der Waals surface area contributed by atoms with Gasteiger partial charge in [-0.15, -0.1) is 0 Å². The van der Waals surface area contributed by atoms with E-state index in [2.05, 4.69) is 17.2 Å². The van der Waals surface area contributed by atoms with Crippen molar-refractivity contribution in [1.29, 1.82) is 0 Å². The van der Waals surface area contributed by atoms with E-state index in [-0.39, 0.29) is 17.0 Å². The summed E-state index contributed by atoms with van der Waals surface area (Å²) in [5.74, 6) is -1.27. The molecular formula is C23H20N2O3. The van der Waals surface area contributed by atoms with Crippen molar-refractivity contribution in [2.24, 2.45) is 0 Å². The zero-order valence-electron chi connectivity index (χ0n) is 15.5. The van der Waals surface area contributed by atoms with Crippen molar-refractivity contribution in [3.8, 4) is 0 Å². The van der Waals surface area contributed by atoms with Gasteiger partial charge in [-0.05, 0) is 54.8 Å². The summed E-state index contributed by atoms with van der Waals surface area (Å²) < 4.78 is 0. The molecule has 0 unspecified atom stereocenters. The van der Waals surface area contributed by atoms with Gasteiger partial charge in [0, 0.05) is 11.3 Å². The molecule has 0 fully saturated rings. The molecule has 0 spiro atoms. The molecule has 140 valence electrons. The minimum Gasteiger partial charge on any atom is -0.322 e. The first kappa shape index (κ1) is 19.0. The summed E-state index contributed by atoms with van der Waals surface area (Å²) in [7, 11) is 0. The summed E-state index contributed by atoms with van der Waals surface area (Å²) in [4.78, 5) is 35.8. The molecule has 1 heterocycles. The van der Waals surface area contributed by atoms with Crippen LogP contribution in [-0.2, 0) is 6.42 Å². The van der Waals surface area contributed by atoms with Crippen molar-refractivity contribution in [1.82, 2.24) is 5.32 Å². The van der Waals surface area contributed by atoms with Crippen LogP contribution in [0.5, 0.6) is 0 Å². The van der Waals surface area contributed by atoms with E-state index in [1.807, 2.05) is 49.4 Å². The number of carbonyl (C=O) groups excluding carboxylic acids is 3. The lowest BCUT2D eigenvalue weighted by atomic mass is 10.0. The molecule has 3 amide bonds. The van der Waals surface area contributed by atoms with Gasteiger partial charge >= 0.3 is 0 Å². The average Bonchev–Trinajstić information content (AvgIpc) is 2.97. The predicted molar refractivity (Wildman–Crippen MR) is 109 cm³/mol. The number of hydrogen-bond acceptors (Lipinski definition) is 3. The van der Waals surface area contributed by atoms with E-state index in [9.17, 15) is 14.4 Å². The lowest BCUT2D eigenvalue weighted by Crippen LogP contribution is -2.19. The van der Waals surface area contributed by atoms with Crippen molar-refractivity contribution in [3.05, 3.63) is 101 Å². The number of anilines is 1. The number of hydrogen-bond donors (Lipinski definition) is 2. The van der Waals surface area contributed by atoms with Gasteiger partial charge < -0.3 is 5.32 Å². The van der Waals surface area contributed by atoms with Gasteiger partial charge in [-0.2, -0.15) is 0 Å². The van der Waals surface area contributed by atoms with Crippen LogP contribution in [0.2, 0.25) is 0 Å². The third kappa shape index (κ3) is 4.15. The van der Waals surface area contributed by atoms with Crippen molar-refractivity contribution >= 4 is 23.4 Å². The second-order valence-electron chi connectivity index (χ2n) is 6.35. The van der Waals surface area contributed by atoms with Crippen molar-refractivity contribution in [2.75, 3.05) is 5.32 Å². The zero-order chi connectivity index (χ0) is 20.1. The number of allylic oxidation sites excluding steroid dienone is 5.